The van der Waals surface area contributed by atoms with E-state index < -0.39 is 0 Å². The number of benzene rings is 1. The Morgan fingerprint density at radius 1 is 1.24 bits per heavy atom. The molecule has 25 heavy (non-hydrogen) atoms. The molecule has 1 aliphatic rings. The van der Waals surface area contributed by atoms with Gasteiger partial charge in [0.25, 0.3) is 5.56 Å². The molecule has 0 saturated heterocycles. The molecule has 0 fully saturated rings. The van der Waals surface area contributed by atoms with Crippen LogP contribution in [-0.4, -0.2) is 27.0 Å². The highest BCUT2D eigenvalue weighted by atomic mass is 32.2. The summed E-state index contributed by atoms with van der Waals surface area (Å²) in [6.07, 6.45) is 1.82. The molecule has 0 unspecified atom stereocenters. The topological polar surface area (TPSA) is 59.3 Å². The lowest BCUT2D eigenvalue weighted by Gasteiger charge is -2.13. The molecule has 0 bridgehead atoms. The van der Waals surface area contributed by atoms with Crippen LogP contribution in [0, 0.1) is 0 Å². The molecule has 0 saturated carbocycles. The quantitative estimate of drug-likeness (QED) is 0.784. The molecule has 126 valence electrons. The van der Waals surface area contributed by atoms with E-state index >= 15 is 0 Å². The first-order valence-electron chi connectivity index (χ1n) is 8.29. The molecule has 1 aromatic carbocycles. The number of hydrogen-bond acceptors (Lipinski definition) is 5. The van der Waals surface area contributed by atoms with Crippen molar-refractivity contribution in [2.45, 2.75) is 13.5 Å². The van der Waals surface area contributed by atoms with Crippen molar-refractivity contribution in [2.75, 3.05) is 17.6 Å². The average molecular weight is 350 g/mol. The van der Waals surface area contributed by atoms with Crippen LogP contribution in [0.15, 0.2) is 58.4 Å². The average Bonchev–Trinajstić information content (AvgIpc) is 3.15. The fourth-order valence-electron chi connectivity index (χ4n) is 3.00. The van der Waals surface area contributed by atoms with Gasteiger partial charge in [-0.25, -0.2) is 4.98 Å². The van der Waals surface area contributed by atoms with Crippen LogP contribution in [0.1, 0.15) is 6.92 Å². The highest BCUT2D eigenvalue weighted by Crippen LogP contribution is 2.23. The van der Waals surface area contributed by atoms with E-state index in [-0.39, 0.29) is 5.56 Å². The summed E-state index contributed by atoms with van der Waals surface area (Å²) in [5.74, 6) is 1.71. The molecule has 4 rings (SSSR count). The molecule has 0 radical (unpaired) electrons. The molecule has 0 spiro atoms. The number of nitrogens with zero attached hydrogens (tertiary/aromatic N) is 3. The maximum atomic E-state index is 13.0. The van der Waals surface area contributed by atoms with E-state index in [1.165, 1.54) is 0 Å². The Kier molecular flexibility index (Phi) is 4.28. The lowest BCUT2D eigenvalue weighted by Crippen LogP contribution is -2.21. The van der Waals surface area contributed by atoms with Gasteiger partial charge in [-0.3, -0.25) is 9.79 Å². The van der Waals surface area contributed by atoms with Crippen LogP contribution >= 0.6 is 11.8 Å². The summed E-state index contributed by atoms with van der Waals surface area (Å²) in [6.45, 7) is 3.43. The van der Waals surface area contributed by atoms with Gasteiger partial charge in [-0.15, -0.1) is 0 Å². The molecule has 6 heteroatoms. The molecule has 0 atom stereocenters. The van der Waals surface area contributed by atoms with Gasteiger partial charge in [0, 0.05) is 35.5 Å². The van der Waals surface area contributed by atoms with Crippen LogP contribution in [0.4, 0.5) is 5.82 Å². The lowest BCUT2D eigenvalue weighted by atomic mass is 10.1. The summed E-state index contributed by atoms with van der Waals surface area (Å²) in [5, 5.41) is 5.07. The van der Waals surface area contributed by atoms with E-state index in [2.05, 4.69) is 15.3 Å². The number of aromatic nitrogens is 2. The van der Waals surface area contributed by atoms with E-state index in [1.54, 1.807) is 16.3 Å². The van der Waals surface area contributed by atoms with Crippen LogP contribution in [0.25, 0.3) is 22.0 Å². The number of hydrogen-bond donors (Lipinski definition) is 1. The third-order valence-corrected chi connectivity index (χ3v) is 5.09. The Bertz CT molecular complexity index is 1010. The second-order valence-corrected chi connectivity index (χ2v) is 6.85. The standard InChI is InChI=1S/C19H18N4OS/c1-2-23-16-11-17(22-19-20-8-9-25-19)21-12-14(16)10-15(18(23)24)13-6-4-3-5-7-13/h3-7,10-12H,2,8-9H2,1H3,(H,20,21,22). The van der Waals surface area contributed by atoms with E-state index in [0.29, 0.717) is 12.1 Å². The number of aryl methyl sites for hydroxylation is 1. The molecule has 2 aromatic heterocycles. The van der Waals surface area contributed by atoms with Crippen LogP contribution in [0.2, 0.25) is 0 Å². The molecular weight excluding hydrogens is 332 g/mol. The zero-order valence-corrected chi connectivity index (χ0v) is 14.7. The predicted molar refractivity (Wildman–Crippen MR) is 105 cm³/mol. The van der Waals surface area contributed by atoms with Gasteiger partial charge in [0.2, 0.25) is 0 Å². The van der Waals surface area contributed by atoms with Gasteiger partial charge in [-0.1, -0.05) is 42.1 Å². The molecular formula is C19H18N4OS. The maximum Gasteiger partial charge on any atom is 0.258 e. The monoisotopic (exact) mass is 350 g/mol. The molecule has 0 amide bonds. The Balaban J connectivity index is 1.84. The minimum atomic E-state index is 0.0194. The largest absolute Gasteiger partial charge is 0.320 e. The summed E-state index contributed by atoms with van der Waals surface area (Å²) in [5.41, 5.74) is 2.53. The van der Waals surface area contributed by atoms with Crippen LogP contribution in [0.5, 0.6) is 0 Å². The first-order valence-corrected chi connectivity index (χ1v) is 9.28. The first kappa shape index (κ1) is 15.9. The van der Waals surface area contributed by atoms with E-state index in [4.69, 9.17) is 0 Å². The summed E-state index contributed by atoms with van der Waals surface area (Å²) in [4.78, 5) is 21.8. The summed E-state index contributed by atoms with van der Waals surface area (Å²) >= 11 is 1.69. The molecule has 0 aliphatic carbocycles. The Hall–Kier alpha value is -2.60. The van der Waals surface area contributed by atoms with E-state index in [9.17, 15) is 4.79 Å². The summed E-state index contributed by atoms with van der Waals surface area (Å²) in [6, 6.07) is 13.6. The van der Waals surface area contributed by atoms with Crippen molar-refractivity contribution in [2.24, 2.45) is 4.99 Å². The number of nitrogens with one attached hydrogen (secondary N) is 1. The summed E-state index contributed by atoms with van der Waals surface area (Å²) < 4.78 is 1.80. The minimum Gasteiger partial charge on any atom is -0.320 e. The van der Waals surface area contributed by atoms with Gasteiger partial charge < -0.3 is 9.88 Å². The number of aliphatic imine (C=N–C) groups is 1. The minimum absolute atomic E-state index is 0.0194. The zero-order chi connectivity index (χ0) is 17.2. The first-order chi connectivity index (χ1) is 12.3. The number of anilines is 1. The van der Waals surface area contributed by atoms with Crippen molar-refractivity contribution in [3.8, 4) is 11.1 Å². The second kappa shape index (κ2) is 6.72. The Morgan fingerprint density at radius 3 is 2.80 bits per heavy atom. The van der Waals surface area contributed by atoms with Gasteiger partial charge >= 0.3 is 0 Å². The molecule has 1 aliphatic heterocycles. The fraction of sp³-hybridized carbons (Fsp3) is 0.211. The van der Waals surface area contributed by atoms with Crippen LogP contribution in [0.3, 0.4) is 0 Å². The number of thioether (sulfide) groups is 1. The van der Waals surface area contributed by atoms with E-state index in [1.807, 2.05) is 55.6 Å². The van der Waals surface area contributed by atoms with Crippen LogP contribution < -0.4 is 10.9 Å². The van der Waals surface area contributed by atoms with Gasteiger partial charge in [0.15, 0.2) is 5.17 Å². The smallest absolute Gasteiger partial charge is 0.258 e. The van der Waals surface area contributed by atoms with Crippen molar-refractivity contribution in [1.29, 1.82) is 0 Å². The van der Waals surface area contributed by atoms with Gasteiger partial charge in [0.05, 0.1) is 12.1 Å². The van der Waals surface area contributed by atoms with Crippen molar-refractivity contribution >= 4 is 33.7 Å². The van der Waals surface area contributed by atoms with Crippen molar-refractivity contribution in [3.05, 3.63) is 59.0 Å². The Morgan fingerprint density at radius 2 is 2.08 bits per heavy atom. The normalized spacial score (nSPS) is 13.9. The molecule has 5 nitrogen and oxygen atoms in total. The SMILES string of the molecule is CCn1c(=O)c(-c2ccccc2)cc2cnc(NC3=NCCS3)cc21. The number of rotatable bonds is 3. The Labute approximate surface area is 149 Å². The second-order valence-electron chi connectivity index (χ2n) is 5.76. The van der Waals surface area contributed by atoms with Gasteiger partial charge in [-0.2, -0.15) is 0 Å². The molecule has 3 aromatic rings. The summed E-state index contributed by atoms with van der Waals surface area (Å²) in [7, 11) is 0. The van der Waals surface area contributed by atoms with Crippen LogP contribution in [-0.2, 0) is 6.54 Å². The van der Waals surface area contributed by atoms with Gasteiger partial charge in [-0.05, 0) is 18.6 Å². The maximum absolute atomic E-state index is 13.0. The fourth-order valence-corrected chi connectivity index (χ4v) is 3.73. The van der Waals surface area contributed by atoms with Crippen molar-refractivity contribution in [3.63, 3.8) is 0 Å². The van der Waals surface area contributed by atoms with Crippen molar-refractivity contribution < 1.29 is 0 Å². The highest BCUT2D eigenvalue weighted by Gasteiger charge is 2.13. The third kappa shape index (κ3) is 3.05. The lowest BCUT2D eigenvalue weighted by molar-refractivity contribution is 0.761. The third-order valence-electron chi connectivity index (χ3n) is 4.20. The molecule has 3 heterocycles. The van der Waals surface area contributed by atoms with E-state index in [0.717, 1.165) is 39.7 Å². The zero-order valence-electron chi connectivity index (χ0n) is 13.9. The number of pyridine rings is 2. The molecule has 1 N–H and O–H groups in total. The van der Waals surface area contributed by atoms with Crippen molar-refractivity contribution in [1.82, 2.24) is 9.55 Å². The number of amidine groups is 1. The predicted octanol–water partition coefficient (Wildman–Crippen LogP) is 3.60. The van der Waals surface area contributed by atoms with Gasteiger partial charge in [0.1, 0.15) is 5.82 Å². The number of fused-ring (bicyclic) bond motifs is 1. The highest BCUT2D eigenvalue weighted by molar-refractivity contribution is 8.14.